The standard InChI is InChI=1S/C24H27N3/c1-23(2)13-18-14-24(3,15-23)16-27(18)22-19-11-7-8-12-20(19)25-21(26-22)17-9-5-4-6-10-17/h4-12,18H,13-16H2,1-3H3/t18-,24-/m0/s1. The van der Waals surface area contributed by atoms with E-state index in [1.165, 1.54) is 24.6 Å². The van der Waals surface area contributed by atoms with Crippen LogP contribution in [0, 0.1) is 10.8 Å². The molecule has 0 spiro atoms. The maximum Gasteiger partial charge on any atom is 0.162 e. The van der Waals surface area contributed by atoms with Gasteiger partial charge in [0.2, 0.25) is 0 Å². The number of hydrogen-bond donors (Lipinski definition) is 0. The second-order valence-electron chi connectivity index (χ2n) is 9.60. The Morgan fingerprint density at radius 2 is 1.63 bits per heavy atom. The minimum absolute atomic E-state index is 0.380. The van der Waals surface area contributed by atoms with Crippen LogP contribution in [-0.2, 0) is 0 Å². The molecular weight excluding hydrogens is 330 g/mol. The molecule has 1 aliphatic heterocycles. The van der Waals surface area contributed by atoms with Gasteiger partial charge in [-0.25, -0.2) is 9.97 Å². The van der Waals surface area contributed by atoms with Gasteiger partial charge in [0.05, 0.1) is 5.52 Å². The summed E-state index contributed by atoms with van der Waals surface area (Å²) in [5.74, 6) is 1.95. The normalized spacial score (nSPS) is 26.5. The van der Waals surface area contributed by atoms with Crippen LogP contribution in [0.3, 0.4) is 0 Å². The second kappa shape index (κ2) is 5.79. The topological polar surface area (TPSA) is 29.0 Å². The third-order valence-electron chi connectivity index (χ3n) is 6.30. The van der Waals surface area contributed by atoms with Crippen molar-refractivity contribution < 1.29 is 0 Å². The lowest BCUT2D eigenvalue weighted by Crippen LogP contribution is -2.35. The lowest BCUT2D eigenvalue weighted by Gasteiger charge is -2.39. The Balaban J connectivity index is 1.67. The lowest BCUT2D eigenvalue weighted by atomic mass is 9.65. The van der Waals surface area contributed by atoms with Crippen LogP contribution < -0.4 is 4.90 Å². The van der Waals surface area contributed by atoms with E-state index in [2.05, 4.69) is 74.2 Å². The van der Waals surface area contributed by atoms with Crippen molar-refractivity contribution in [2.75, 3.05) is 11.4 Å². The van der Waals surface area contributed by atoms with E-state index in [-0.39, 0.29) is 0 Å². The van der Waals surface area contributed by atoms with Crippen molar-refractivity contribution in [1.82, 2.24) is 9.97 Å². The predicted octanol–water partition coefficient (Wildman–Crippen LogP) is 5.70. The van der Waals surface area contributed by atoms with Gasteiger partial charge in [-0.15, -0.1) is 0 Å². The molecule has 1 aromatic heterocycles. The molecule has 2 atom stereocenters. The number of para-hydroxylation sites is 1. The molecule has 1 saturated carbocycles. The monoisotopic (exact) mass is 357 g/mol. The molecule has 3 aromatic rings. The lowest BCUT2D eigenvalue weighted by molar-refractivity contribution is 0.136. The van der Waals surface area contributed by atoms with Crippen LogP contribution in [0.5, 0.6) is 0 Å². The van der Waals surface area contributed by atoms with Gasteiger partial charge in [0.1, 0.15) is 5.82 Å². The zero-order valence-corrected chi connectivity index (χ0v) is 16.4. The largest absolute Gasteiger partial charge is 0.352 e. The van der Waals surface area contributed by atoms with Gasteiger partial charge < -0.3 is 4.90 Å². The molecule has 0 radical (unpaired) electrons. The first-order valence-corrected chi connectivity index (χ1v) is 10.0. The molecule has 3 nitrogen and oxygen atoms in total. The summed E-state index contributed by atoms with van der Waals surface area (Å²) < 4.78 is 0. The Morgan fingerprint density at radius 1 is 0.889 bits per heavy atom. The Morgan fingerprint density at radius 3 is 2.44 bits per heavy atom. The summed E-state index contributed by atoms with van der Waals surface area (Å²) in [7, 11) is 0. The molecule has 2 aliphatic rings. The average molecular weight is 358 g/mol. The molecule has 0 unspecified atom stereocenters. The molecular formula is C24H27N3. The van der Waals surface area contributed by atoms with E-state index in [0.717, 1.165) is 29.3 Å². The third-order valence-corrected chi connectivity index (χ3v) is 6.30. The van der Waals surface area contributed by atoms with Crippen molar-refractivity contribution in [3.8, 4) is 11.4 Å². The summed E-state index contributed by atoms with van der Waals surface area (Å²) in [6, 6.07) is 19.4. The van der Waals surface area contributed by atoms with Crippen LogP contribution in [-0.4, -0.2) is 22.6 Å². The first kappa shape index (κ1) is 16.7. The summed E-state index contributed by atoms with van der Waals surface area (Å²) in [6.45, 7) is 8.40. The number of hydrogen-bond acceptors (Lipinski definition) is 3. The van der Waals surface area contributed by atoms with Gasteiger partial charge in [-0.3, -0.25) is 0 Å². The smallest absolute Gasteiger partial charge is 0.162 e. The maximum atomic E-state index is 5.11. The van der Waals surface area contributed by atoms with Crippen molar-refractivity contribution in [1.29, 1.82) is 0 Å². The molecule has 0 N–H and O–H groups in total. The minimum Gasteiger partial charge on any atom is -0.352 e. The number of anilines is 1. The molecule has 5 rings (SSSR count). The first-order chi connectivity index (χ1) is 12.9. The molecule has 2 heterocycles. The van der Waals surface area contributed by atoms with E-state index >= 15 is 0 Å². The fourth-order valence-electron chi connectivity index (χ4n) is 5.70. The molecule has 2 aromatic carbocycles. The van der Waals surface area contributed by atoms with Gasteiger partial charge in [0.25, 0.3) is 0 Å². The number of fused-ring (bicyclic) bond motifs is 3. The van der Waals surface area contributed by atoms with E-state index in [1.807, 2.05) is 6.07 Å². The quantitative estimate of drug-likeness (QED) is 0.589. The zero-order valence-electron chi connectivity index (χ0n) is 16.4. The Labute approximate surface area is 161 Å². The fourth-order valence-corrected chi connectivity index (χ4v) is 5.70. The van der Waals surface area contributed by atoms with Crippen LogP contribution in [0.15, 0.2) is 54.6 Å². The van der Waals surface area contributed by atoms with Gasteiger partial charge in [-0.2, -0.15) is 0 Å². The summed E-state index contributed by atoms with van der Waals surface area (Å²) in [4.78, 5) is 12.6. The Bertz CT molecular complexity index is 995. The SMILES string of the molecule is CC1(C)C[C@H]2C[C@](C)(CN2c2nc(-c3ccccc3)nc3ccccc23)C1. The van der Waals surface area contributed by atoms with Gasteiger partial charge >= 0.3 is 0 Å². The third kappa shape index (κ3) is 2.90. The van der Waals surface area contributed by atoms with E-state index in [9.17, 15) is 0 Å². The van der Waals surface area contributed by atoms with Crippen molar-refractivity contribution in [3.05, 3.63) is 54.6 Å². The number of aromatic nitrogens is 2. The van der Waals surface area contributed by atoms with Crippen LogP contribution in [0.1, 0.15) is 40.0 Å². The van der Waals surface area contributed by atoms with Gasteiger partial charge in [0.15, 0.2) is 5.82 Å². The highest BCUT2D eigenvalue weighted by molar-refractivity contribution is 5.91. The summed E-state index contributed by atoms with van der Waals surface area (Å²) >= 11 is 0. The van der Waals surface area contributed by atoms with Crippen molar-refractivity contribution >= 4 is 16.7 Å². The maximum absolute atomic E-state index is 5.11. The molecule has 2 fully saturated rings. The number of benzene rings is 2. The van der Waals surface area contributed by atoms with E-state index in [1.54, 1.807) is 0 Å². The molecule has 1 saturated heterocycles. The van der Waals surface area contributed by atoms with Gasteiger partial charge in [-0.05, 0) is 42.2 Å². The predicted molar refractivity (Wildman–Crippen MR) is 112 cm³/mol. The summed E-state index contributed by atoms with van der Waals surface area (Å²) in [5, 5.41) is 1.17. The fraction of sp³-hybridized carbons (Fsp3) is 0.417. The van der Waals surface area contributed by atoms with E-state index in [4.69, 9.17) is 9.97 Å². The highest BCUT2D eigenvalue weighted by Gasteiger charge is 2.50. The molecule has 138 valence electrons. The Kier molecular flexibility index (Phi) is 3.59. The summed E-state index contributed by atoms with van der Waals surface area (Å²) in [5.41, 5.74) is 2.90. The van der Waals surface area contributed by atoms with Crippen molar-refractivity contribution in [2.24, 2.45) is 10.8 Å². The highest BCUT2D eigenvalue weighted by atomic mass is 15.3. The van der Waals surface area contributed by atoms with Crippen LogP contribution in [0.25, 0.3) is 22.3 Å². The van der Waals surface area contributed by atoms with Crippen LogP contribution in [0.4, 0.5) is 5.82 Å². The van der Waals surface area contributed by atoms with Crippen molar-refractivity contribution in [2.45, 2.75) is 46.1 Å². The molecule has 27 heavy (non-hydrogen) atoms. The minimum atomic E-state index is 0.380. The van der Waals surface area contributed by atoms with E-state index in [0.29, 0.717) is 16.9 Å². The molecule has 3 heteroatoms. The first-order valence-electron chi connectivity index (χ1n) is 10.0. The zero-order chi connectivity index (χ0) is 18.6. The average Bonchev–Trinajstić information content (AvgIpc) is 2.90. The van der Waals surface area contributed by atoms with Crippen LogP contribution >= 0.6 is 0 Å². The number of rotatable bonds is 2. The summed E-state index contributed by atoms with van der Waals surface area (Å²) in [6.07, 6.45) is 3.80. The Hall–Kier alpha value is -2.42. The molecule has 1 aliphatic carbocycles. The highest BCUT2D eigenvalue weighted by Crippen LogP contribution is 2.53. The second-order valence-corrected chi connectivity index (χ2v) is 9.60. The van der Waals surface area contributed by atoms with Crippen LogP contribution in [0.2, 0.25) is 0 Å². The van der Waals surface area contributed by atoms with Gasteiger partial charge in [-0.1, -0.05) is 63.2 Å². The van der Waals surface area contributed by atoms with Gasteiger partial charge in [0, 0.05) is 23.5 Å². The number of nitrogens with zero attached hydrogens (tertiary/aromatic N) is 3. The molecule has 0 amide bonds. The molecule has 2 bridgehead atoms. The van der Waals surface area contributed by atoms with E-state index < -0.39 is 0 Å². The van der Waals surface area contributed by atoms with Crippen molar-refractivity contribution in [3.63, 3.8) is 0 Å².